The van der Waals surface area contributed by atoms with Crippen LogP contribution in [-0.4, -0.2) is 23.1 Å². The predicted molar refractivity (Wildman–Crippen MR) is 97.1 cm³/mol. The van der Waals surface area contributed by atoms with Crippen molar-refractivity contribution < 1.29 is 19.4 Å². The Labute approximate surface area is 147 Å². The van der Waals surface area contributed by atoms with Crippen LogP contribution in [0.2, 0.25) is 0 Å². The molecule has 2 aromatic carbocycles. The number of carbonyl (C=O) groups excluding carboxylic acids is 1. The number of aliphatic carboxylic acids is 1. The number of carbonyl (C=O) groups is 2. The molecule has 5 nitrogen and oxygen atoms in total. The number of para-hydroxylation sites is 1. The summed E-state index contributed by atoms with van der Waals surface area (Å²) in [5, 5.41) is 11.8. The second-order valence-corrected chi connectivity index (χ2v) is 6.26. The number of hydrogen-bond acceptors (Lipinski definition) is 3. The molecule has 132 valence electrons. The van der Waals surface area contributed by atoms with Crippen LogP contribution in [0, 0.1) is 5.92 Å². The summed E-state index contributed by atoms with van der Waals surface area (Å²) in [7, 11) is 0. The Morgan fingerprint density at radius 1 is 1.04 bits per heavy atom. The first kappa shape index (κ1) is 18.5. The Bertz CT molecular complexity index is 738. The van der Waals surface area contributed by atoms with Crippen molar-refractivity contribution in [2.24, 2.45) is 5.92 Å². The van der Waals surface area contributed by atoms with Crippen molar-refractivity contribution in [1.29, 1.82) is 0 Å². The van der Waals surface area contributed by atoms with Crippen LogP contribution in [0.5, 0.6) is 5.75 Å². The molecular weight excluding hydrogens is 318 g/mol. The van der Waals surface area contributed by atoms with Gasteiger partial charge in [0, 0.05) is 5.69 Å². The van der Waals surface area contributed by atoms with Crippen LogP contribution in [0.3, 0.4) is 0 Å². The van der Waals surface area contributed by atoms with Crippen molar-refractivity contribution >= 4 is 17.6 Å². The smallest absolute Gasteiger partial charge is 0.306 e. The van der Waals surface area contributed by atoms with E-state index in [1.54, 1.807) is 37.3 Å². The number of carboxylic acid groups (broad SMARTS) is 1. The Hall–Kier alpha value is -2.82. The quantitative estimate of drug-likeness (QED) is 0.798. The zero-order valence-electron chi connectivity index (χ0n) is 14.7. The van der Waals surface area contributed by atoms with E-state index in [4.69, 9.17) is 9.84 Å². The second-order valence-electron chi connectivity index (χ2n) is 6.26. The summed E-state index contributed by atoms with van der Waals surface area (Å²) in [5.74, 6) is -0.968. The zero-order valence-corrected chi connectivity index (χ0v) is 14.7. The largest absolute Gasteiger partial charge is 0.490 e. The van der Waals surface area contributed by atoms with Gasteiger partial charge < -0.3 is 15.2 Å². The van der Waals surface area contributed by atoms with Crippen molar-refractivity contribution in [3.8, 4) is 5.75 Å². The minimum Gasteiger partial charge on any atom is -0.490 e. The highest BCUT2D eigenvalue weighted by atomic mass is 16.5. The molecular formula is C20H23NO4. The molecule has 1 unspecified atom stereocenters. The molecule has 0 radical (unpaired) electrons. The molecule has 0 spiro atoms. The van der Waals surface area contributed by atoms with Crippen molar-refractivity contribution in [2.45, 2.75) is 33.3 Å². The Morgan fingerprint density at radius 2 is 1.68 bits per heavy atom. The van der Waals surface area contributed by atoms with E-state index in [1.807, 2.05) is 32.0 Å². The highest BCUT2D eigenvalue weighted by Crippen LogP contribution is 2.21. The fourth-order valence-corrected chi connectivity index (χ4v) is 2.37. The average molecular weight is 341 g/mol. The maximum absolute atomic E-state index is 12.5. The van der Waals surface area contributed by atoms with Gasteiger partial charge in [-0.05, 0) is 50.1 Å². The van der Waals surface area contributed by atoms with Crippen LogP contribution in [0.15, 0.2) is 48.5 Å². The van der Waals surface area contributed by atoms with Gasteiger partial charge in [0.25, 0.3) is 5.91 Å². The first-order valence-electron chi connectivity index (χ1n) is 8.25. The number of hydrogen-bond donors (Lipinski definition) is 2. The van der Waals surface area contributed by atoms with Gasteiger partial charge in [-0.25, -0.2) is 0 Å². The van der Waals surface area contributed by atoms with E-state index in [0.29, 0.717) is 23.4 Å². The summed E-state index contributed by atoms with van der Waals surface area (Å²) in [5.41, 5.74) is 2.03. The molecule has 25 heavy (non-hydrogen) atoms. The Balaban J connectivity index is 2.07. The van der Waals surface area contributed by atoms with E-state index in [9.17, 15) is 9.59 Å². The van der Waals surface area contributed by atoms with Crippen LogP contribution in [0.4, 0.5) is 5.69 Å². The van der Waals surface area contributed by atoms with E-state index in [1.165, 1.54) is 0 Å². The van der Waals surface area contributed by atoms with Gasteiger partial charge in [0.05, 0.1) is 17.6 Å². The average Bonchev–Trinajstić information content (AvgIpc) is 2.56. The van der Waals surface area contributed by atoms with E-state index >= 15 is 0 Å². The second kappa shape index (κ2) is 8.33. The molecule has 0 aliphatic carbocycles. The lowest BCUT2D eigenvalue weighted by Gasteiger charge is -2.14. The summed E-state index contributed by atoms with van der Waals surface area (Å²) in [4.78, 5) is 23.4. The first-order chi connectivity index (χ1) is 11.9. The summed E-state index contributed by atoms with van der Waals surface area (Å²) in [6, 6.07) is 14.3. The van der Waals surface area contributed by atoms with Crippen LogP contribution in [-0.2, 0) is 11.2 Å². The Kier molecular flexibility index (Phi) is 6.17. The number of anilines is 1. The molecule has 0 bridgehead atoms. The lowest BCUT2D eigenvalue weighted by Crippen LogP contribution is -2.16. The fraction of sp³-hybridized carbons (Fsp3) is 0.300. The molecule has 5 heteroatoms. The molecule has 2 rings (SSSR count). The van der Waals surface area contributed by atoms with Crippen LogP contribution >= 0.6 is 0 Å². The number of rotatable bonds is 7. The monoisotopic (exact) mass is 341 g/mol. The van der Waals surface area contributed by atoms with Gasteiger partial charge in [0.2, 0.25) is 0 Å². The molecule has 2 aromatic rings. The lowest BCUT2D eigenvalue weighted by molar-refractivity contribution is -0.141. The molecule has 1 atom stereocenters. The third-order valence-corrected chi connectivity index (χ3v) is 3.67. The van der Waals surface area contributed by atoms with Gasteiger partial charge in [0.1, 0.15) is 5.75 Å². The van der Waals surface area contributed by atoms with E-state index < -0.39 is 11.9 Å². The molecule has 0 aliphatic rings. The van der Waals surface area contributed by atoms with E-state index in [2.05, 4.69) is 5.32 Å². The van der Waals surface area contributed by atoms with Crippen molar-refractivity contribution in [1.82, 2.24) is 0 Å². The summed E-state index contributed by atoms with van der Waals surface area (Å²) < 4.78 is 5.67. The SMILES string of the molecule is CC(C)Oc1ccccc1C(=O)Nc1ccc(CC(C)C(=O)O)cc1. The van der Waals surface area contributed by atoms with E-state index in [-0.39, 0.29) is 12.0 Å². The number of benzene rings is 2. The van der Waals surface area contributed by atoms with Gasteiger partial charge in [-0.1, -0.05) is 31.2 Å². The fourth-order valence-electron chi connectivity index (χ4n) is 2.37. The lowest BCUT2D eigenvalue weighted by atomic mass is 10.0. The zero-order chi connectivity index (χ0) is 18.4. The van der Waals surface area contributed by atoms with Crippen molar-refractivity contribution in [2.75, 3.05) is 5.32 Å². The minimum atomic E-state index is -0.820. The van der Waals surface area contributed by atoms with Crippen LogP contribution in [0.1, 0.15) is 36.7 Å². The molecule has 0 heterocycles. The van der Waals surface area contributed by atoms with Gasteiger partial charge in [0.15, 0.2) is 0 Å². The van der Waals surface area contributed by atoms with Crippen LogP contribution < -0.4 is 10.1 Å². The first-order valence-corrected chi connectivity index (χ1v) is 8.25. The number of carboxylic acids is 1. The third-order valence-electron chi connectivity index (χ3n) is 3.67. The topological polar surface area (TPSA) is 75.6 Å². The maximum Gasteiger partial charge on any atom is 0.306 e. The molecule has 0 saturated heterocycles. The minimum absolute atomic E-state index is 0.0236. The van der Waals surface area contributed by atoms with Gasteiger partial charge >= 0.3 is 5.97 Å². The molecule has 0 aromatic heterocycles. The van der Waals surface area contributed by atoms with Crippen molar-refractivity contribution in [3.05, 3.63) is 59.7 Å². The molecule has 0 fully saturated rings. The molecule has 2 N–H and O–H groups in total. The normalized spacial score (nSPS) is 11.8. The number of ether oxygens (including phenoxy) is 1. The standard InChI is InChI=1S/C20H23NO4/c1-13(2)25-18-7-5-4-6-17(18)19(22)21-16-10-8-15(9-11-16)12-14(3)20(23)24/h4-11,13-14H,12H2,1-3H3,(H,21,22)(H,23,24). The van der Waals surface area contributed by atoms with Crippen molar-refractivity contribution in [3.63, 3.8) is 0 Å². The predicted octanol–water partition coefficient (Wildman–Crippen LogP) is 3.99. The third kappa shape index (κ3) is 5.35. The summed E-state index contributed by atoms with van der Waals surface area (Å²) >= 11 is 0. The van der Waals surface area contributed by atoms with Gasteiger partial charge in [-0.3, -0.25) is 9.59 Å². The summed E-state index contributed by atoms with van der Waals surface area (Å²) in [6.07, 6.45) is 0.429. The highest BCUT2D eigenvalue weighted by Gasteiger charge is 2.14. The maximum atomic E-state index is 12.5. The highest BCUT2D eigenvalue weighted by molar-refractivity contribution is 6.06. The number of nitrogens with one attached hydrogen (secondary N) is 1. The molecule has 0 saturated carbocycles. The number of amides is 1. The molecule has 1 amide bonds. The van der Waals surface area contributed by atoms with E-state index in [0.717, 1.165) is 5.56 Å². The molecule has 0 aliphatic heterocycles. The van der Waals surface area contributed by atoms with Gasteiger partial charge in [-0.15, -0.1) is 0 Å². The van der Waals surface area contributed by atoms with Crippen LogP contribution in [0.25, 0.3) is 0 Å². The Morgan fingerprint density at radius 3 is 2.28 bits per heavy atom. The van der Waals surface area contributed by atoms with Gasteiger partial charge in [-0.2, -0.15) is 0 Å². The summed E-state index contributed by atoms with van der Waals surface area (Å²) in [6.45, 7) is 5.49.